The maximum atomic E-state index is 13.5. The second-order valence-electron chi connectivity index (χ2n) is 4.03. The molecule has 68 valence electrons. The Balaban J connectivity index is 2.12. The van der Waals surface area contributed by atoms with Crippen LogP contribution < -0.4 is 5.32 Å². The molecule has 0 bridgehead atoms. The van der Waals surface area contributed by atoms with Crippen LogP contribution in [0.2, 0.25) is 0 Å². The summed E-state index contributed by atoms with van der Waals surface area (Å²) in [6, 6.07) is 0. The van der Waals surface area contributed by atoms with Gasteiger partial charge in [0.2, 0.25) is 5.91 Å². The number of amides is 1. The molecule has 12 heavy (non-hydrogen) atoms. The molecule has 2 aliphatic rings. The molecule has 2 unspecified atom stereocenters. The van der Waals surface area contributed by atoms with Crippen LogP contribution >= 0.6 is 0 Å². The van der Waals surface area contributed by atoms with Gasteiger partial charge >= 0.3 is 0 Å². The van der Waals surface area contributed by atoms with Crippen LogP contribution in [0.25, 0.3) is 0 Å². The lowest BCUT2D eigenvalue weighted by Gasteiger charge is -2.34. The van der Waals surface area contributed by atoms with Crippen LogP contribution in [-0.4, -0.2) is 18.6 Å². The Hall–Kier alpha value is -0.600. The van der Waals surface area contributed by atoms with Gasteiger partial charge in [-0.25, -0.2) is 4.39 Å². The van der Waals surface area contributed by atoms with Crippen molar-refractivity contribution >= 4 is 5.91 Å². The molecular weight excluding hydrogens is 157 g/mol. The summed E-state index contributed by atoms with van der Waals surface area (Å²) < 4.78 is 13.5. The van der Waals surface area contributed by atoms with Gasteiger partial charge in [-0.05, 0) is 12.8 Å². The third-order valence-electron chi connectivity index (χ3n) is 3.20. The third kappa shape index (κ3) is 1.11. The van der Waals surface area contributed by atoms with Crippen molar-refractivity contribution in [2.45, 2.75) is 38.3 Å². The van der Waals surface area contributed by atoms with Crippen LogP contribution in [0.3, 0.4) is 0 Å². The molecule has 0 radical (unpaired) electrons. The Bertz CT molecular complexity index is 207. The second-order valence-corrected chi connectivity index (χ2v) is 4.03. The number of halogens is 1. The van der Waals surface area contributed by atoms with Crippen molar-refractivity contribution in [3.05, 3.63) is 0 Å². The van der Waals surface area contributed by atoms with E-state index in [9.17, 15) is 9.18 Å². The van der Waals surface area contributed by atoms with Crippen LogP contribution in [0.15, 0.2) is 0 Å². The normalized spacial score (nSPS) is 41.8. The number of nitrogens with one attached hydrogen (secondary N) is 1. The number of alkyl halides is 1. The van der Waals surface area contributed by atoms with E-state index in [1.807, 2.05) is 0 Å². The van der Waals surface area contributed by atoms with Crippen LogP contribution in [0.1, 0.15) is 32.1 Å². The van der Waals surface area contributed by atoms with Gasteiger partial charge < -0.3 is 5.32 Å². The fourth-order valence-electron chi connectivity index (χ4n) is 2.38. The molecule has 0 aromatic carbocycles. The first-order valence-corrected chi connectivity index (χ1v) is 4.64. The van der Waals surface area contributed by atoms with Gasteiger partial charge in [-0.1, -0.05) is 12.8 Å². The van der Waals surface area contributed by atoms with Gasteiger partial charge in [-0.15, -0.1) is 0 Å². The molecule has 2 atom stereocenters. The Kier molecular flexibility index (Phi) is 1.81. The molecule has 1 amide bonds. The molecule has 1 aliphatic heterocycles. The van der Waals surface area contributed by atoms with E-state index in [1.54, 1.807) is 0 Å². The van der Waals surface area contributed by atoms with Crippen LogP contribution in [0.5, 0.6) is 0 Å². The predicted molar refractivity (Wildman–Crippen MR) is 43.4 cm³/mol. The Morgan fingerprint density at radius 2 is 2.33 bits per heavy atom. The highest BCUT2D eigenvalue weighted by Gasteiger charge is 2.46. The highest BCUT2D eigenvalue weighted by atomic mass is 19.1. The summed E-state index contributed by atoms with van der Waals surface area (Å²) in [6.45, 7) is 0.562. The molecule has 1 heterocycles. The van der Waals surface area contributed by atoms with Crippen molar-refractivity contribution in [1.82, 2.24) is 5.32 Å². The molecule has 1 aliphatic carbocycles. The van der Waals surface area contributed by atoms with Gasteiger partial charge in [0, 0.05) is 18.4 Å². The van der Waals surface area contributed by atoms with Crippen molar-refractivity contribution in [2.24, 2.45) is 5.41 Å². The van der Waals surface area contributed by atoms with Gasteiger partial charge in [0.25, 0.3) is 0 Å². The van der Waals surface area contributed by atoms with Gasteiger partial charge in [-0.2, -0.15) is 0 Å². The first-order chi connectivity index (χ1) is 5.73. The topological polar surface area (TPSA) is 29.1 Å². The average Bonchev–Trinajstić information content (AvgIpc) is 2.41. The molecule has 1 spiro atoms. The van der Waals surface area contributed by atoms with E-state index in [4.69, 9.17) is 0 Å². The van der Waals surface area contributed by atoms with Crippen LogP contribution in [0, 0.1) is 5.41 Å². The van der Waals surface area contributed by atoms with Crippen LogP contribution in [0.4, 0.5) is 4.39 Å². The van der Waals surface area contributed by atoms with E-state index < -0.39 is 6.17 Å². The van der Waals surface area contributed by atoms with Crippen molar-refractivity contribution < 1.29 is 9.18 Å². The Morgan fingerprint density at radius 3 is 2.92 bits per heavy atom. The number of carbonyl (C=O) groups is 1. The first kappa shape index (κ1) is 8.02. The largest absolute Gasteiger partial charge is 0.355 e. The van der Waals surface area contributed by atoms with E-state index in [-0.39, 0.29) is 11.3 Å². The molecule has 3 heteroatoms. The van der Waals surface area contributed by atoms with Gasteiger partial charge in [0.15, 0.2) is 0 Å². The van der Waals surface area contributed by atoms with Gasteiger partial charge in [0.05, 0.1) is 0 Å². The van der Waals surface area contributed by atoms with E-state index in [2.05, 4.69) is 5.32 Å². The molecule has 2 nitrogen and oxygen atoms in total. The van der Waals surface area contributed by atoms with Crippen LogP contribution in [-0.2, 0) is 4.79 Å². The third-order valence-corrected chi connectivity index (χ3v) is 3.20. The fraction of sp³-hybridized carbons (Fsp3) is 0.889. The van der Waals surface area contributed by atoms with Gasteiger partial charge in [0.1, 0.15) is 6.17 Å². The quantitative estimate of drug-likeness (QED) is 0.586. The summed E-state index contributed by atoms with van der Waals surface area (Å²) in [4.78, 5) is 11.0. The summed E-state index contributed by atoms with van der Waals surface area (Å²) in [6.07, 6.45) is 3.24. The smallest absolute Gasteiger partial charge is 0.220 e. The average molecular weight is 171 g/mol. The predicted octanol–water partition coefficient (Wildman–Crippen LogP) is 1.40. The Morgan fingerprint density at radius 1 is 1.50 bits per heavy atom. The molecule has 2 fully saturated rings. The van der Waals surface area contributed by atoms with E-state index in [0.29, 0.717) is 19.4 Å². The zero-order valence-electron chi connectivity index (χ0n) is 7.11. The molecule has 1 N–H and O–H groups in total. The number of rotatable bonds is 0. The van der Waals surface area contributed by atoms with E-state index >= 15 is 0 Å². The first-order valence-electron chi connectivity index (χ1n) is 4.64. The minimum absolute atomic E-state index is 0.0274. The zero-order valence-corrected chi connectivity index (χ0v) is 7.11. The minimum Gasteiger partial charge on any atom is -0.355 e. The molecule has 2 rings (SSSR count). The number of hydrogen-bond donors (Lipinski definition) is 1. The molecule has 1 saturated heterocycles. The molecule has 1 saturated carbocycles. The van der Waals surface area contributed by atoms with E-state index in [1.165, 1.54) is 0 Å². The van der Waals surface area contributed by atoms with Gasteiger partial charge in [-0.3, -0.25) is 4.79 Å². The zero-order chi connectivity index (χ0) is 8.60. The number of carbonyl (C=O) groups excluding carboxylic acids is 1. The maximum Gasteiger partial charge on any atom is 0.220 e. The fourth-order valence-corrected chi connectivity index (χ4v) is 2.38. The molecule has 0 aromatic heterocycles. The highest BCUT2D eigenvalue weighted by Crippen LogP contribution is 2.43. The summed E-state index contributed by atoms with van der Waals surface area (Å²) in [7, 11) is 0. The highest BCUT2D eigenvalue weighted by molar-refractivity contribution is 5.79. The lowest BCUT2D eigenvalue weighted by molar-refractivity contribution is -0.120. The second kappa shape index (κ2) is 2.71. The van der Waals surface area contributed by atoms with Crippen molar-refractivity contribution in [1.29, 1.82) is 0 Å². The SMILES string of the molecule is O=C1CC2(CCCCC2F)CN1. The van der Waals surface area contributed by atoms with E-state index in [0.717, 1.165) is 19.3 Å². The summed E-state index contributed by atoms with van der Waals surface area (Å²) in [5.41, 5.74) is -0.324. The lowest BCUT2D eigenvalue weighted by Crippen LogP contribution is -2.37. The molecular formula is C9H14FNO. The standard InChI is InChI=1S/C9H14FNO/c10-7-3-1-2-4-9(7)5-8(12)11-6-9/h7H,1-6H2,(H,11,12). The lowest BCUT2D eigenvalue weighted by atomic mass is 9.72. The number of hydrogen-bond acceptors (Lipinski definition) is 1. The maximum absolute atomic E-state index is 13.5. The molecule has 0 aromatic rings. The van der Waals surface area contributed by atoms with Crippen molar-refractivity contribution in [3.63, 3.8) is 0 Å². The summed E-state index contributed by atoms with van der Waals surface area (Å²) >= 11 is 0. The van der Waals surface area contributed by atoms with Crippen molar-refractivity contribution in [2.75, 3.05) is 6.54 Å². The monoisotopic (exact) mass is 171 g/mol. The minimum atomic E-state index is -0.759. The summed E-state index contributed by atoms with van der Waals surface area (Å²) in [5, 5.41) is 2.73. The summed E-state index contributed by atoms with van der Waals surface area (Å²) in [5.74, 6) is 0.0274. The van der Waals surface area contributed by atoms with Crippen molar-refractivity contribution in [3.8, 4) is 0 Å². The Labute approximate surface area is 71.5 Å².